The number of aromatic nitrogens is 1. The monoisotopic (exact) mass is 557 g/mol. The molecule has 1 heterocycles. The van der Waals surface area contributed by atoms with Gasteiger partial charge >= 0.3 is 0 Å². The molecule has 0 aliphatic carbocycles. The summed E-state index contributed by atoms with van der Waals surface area (Å²) in [7, 11) is -1.74. The lowest BCUT2D eigenvalue weighted by Gasteiger charge is -2.22. The second-order valence-corrected chi connectivity index (χ2v) is 10.6. The smallest absolute Gasteiger partial charge is 0.244 e. The summed E-state index contributed by atoms with van der Waals surface area (Å²) in [5.74, 6) is 0. The Labute approximate surface area is 210 Å². The van der Waals surface area contributed by atoms with Crippen LogP contribution in [-0.2, 0) is 17.1 Å². The Morgan fingerprint density at radius 2 is 1.75 bits per heavy atom. The Balaban J connectivity index is 0.00000363. The number of sulfonamides is 1. The van der Waals surface area contributed by atoms with Gasteiger partial charge in [0.15, 0.2) is 4.80 Å². The van der Waals surface area contributed by atoms with Crippen molar-refractivity contribution in [2.45, 2.75) is 38.5 Å². The number of nitrogens with zero attached hydrogens (tertiary/aromatic N) is 3. The van der Waals surface area contributed by atoms with Crippen LogP contribution < -0.4 is 4.80 Å². The summed E-state index contributed by atoms with van der Waals surface area (Å²) in [5, 5.41) is 2.23. The highest BCUT2D eigenvalue weighted by Gasteiger charge is 2.26. The Bertz CT molecular complexity index is 1230. The molecule has 0 saturated heterocycles. The number of halogens is 2. The summed E-state index contributed by atoms with van der Waals surface area (Å²) < 4.78 is 30.1. The zero-order valence-electron chi connectivity index (χ0n) is 18.7. The maximum Gasteiger partial charge on any atom is 0.244 e. The van der Waals surface area contributed by atoms with Gasteiger partial charge < -0.3 is 4.57 Å². The summed E-state index contributed by atoms with van der Waals surface area (Å²) in [6.45, 7) is 6.93. The topological polar surface area (TPSA) is 54.7 Å². The normalized spacial score (nSPS) is 12.2. The second kappa shape index (κ2) is 11.6. The zero-order chi connectivity index (χ0) is 22.6. The van der Waals surface area contributed by atoms with E-state index in [1.165, 1.54) is 15.6 Å². The molecule has 2 aromatic carbocycles. The van der Waals surface area contributed by atoms with Gasteiger partial charge in [0.2, 0.25) is 10.0 Å². The van der Waals surface area contributed by atoms with Gasteiger partial charge in [-0.05, 0) is 43.5 Å². The van der Waals surface area contributed by atoms with E-state index >= 15 is 0 Å². The molecule has 0 saturated carbocycles. The highest BCUT2D eigenvalue weighted by Crippen LogP contribution is 2.31. The van der Waals surface area contributed by atoms with Crippen LogP contribution in [0.5, 0.6) is 0 Å². The molecule has 174 valence electrons. The minimum absolute atomic E-state index is 0. The summed E-state index contributed by atoms with van der Waals surface area (Å²) in [6.07, 6.45) is 1.50. The van der Waals surface area contributed by atoms with Crippen LogP contribution in [0, 0.1) is 6.92 Å². The molecule has 5 nitrogen and oxygen atoms in total. The molecule has 0 radical (unpaired) electrons. The maximum absolute atomic E-state index is 13.3. The van der Waals surface area contributed by atoms with Crippen LogP contribution in [0.4, 0.5) is 5.69 Å². The molecule has 0 atom stereocenters. The van der Waals surface area contributed by atoms with Gasteiger partial charge in [0.1, 0.15) is 4.90 Å². The van der Waals surface area contributed by atoms with Crippen molar-refractivity contribution >= 4 is 55.6 Å². The minimum Gasteiger partial charge on any atom is -0.320 e. The van der Waals surface area contributed by atoms with E-state index < -0.39 is 10.0 Å². The predicted molar refractivity (Wildman–Crippen MR) is 140 cm³/mol. The fourth-order valence-electron chi connectivity index (χ4n) is 3.38. The number of hydrogen-bond donors (Lipinski definition) is 0. The van der Waals surface area contributed by atoms with Gasteiger partial charge in [-0.1, -0.05) is 49.7 Å². The molecule has 3 rings (SSSR count). The molecule has 0 N–H and O–H groups in total. The predicted octanol–water partition coefficient (Wildman–Crippen LogP) is 6.34. The Morgan fingerprint density at radius 1 is 1.09 bits per heavy atom. The van der Waals surface area contributed by atoms with Gasteiger partial charge in [0.05, 0.1) is 16.4 Å². The molecular formula is C23H29BrClN3O2S2. The van der Waals surface area contributed by atoms with Crippen molar-refractivity contribution in [3.63, 3.8) is 0 Å². The first kappa shape index (κ1) is 26.8. The van der Waals surface area contributed by atoms with Crippen LogP contribution in [0.2, 0.25) is 5.02 Å². The number of para-hydroxylation sites is 1. The van der Waals surface area contributed by atoms with Gasteiger partial charge in [0.25, 0.3) is 0 Å². The first-order valence-electron chi connectivity index (χ1n) is 10.3. The van der Waals surface area contributed by atoms with Crippen LogP contribution in [-0.4, -0.2) is 30.4 Å². The molecule has 0 amide bonds. The van der Waals surface area contributed by atoms with Crippen molar-refractivity contribution in [1.82, 2.24) is 8.87 Å². The molecule has 0 aliphatic rings. The van der Waals surface area contributed by atoms with Crippen LogP contribution in [0.15, 0.2) is 57.7 Å². The Kier molecular flexibility index (Phi) is 9.72. The molecule has 3 aromatic rings. The second-order valence-electron chi connectivity index (χ2n) is 7.41. The SMILES string of the molecule is Br.CCCN(CCC)S(=O)(=O)c1cc(-c2cs/c(=N/c3ccccc3C)n2C)ccc1Cl. The Morgan fingerprint density at radius 3 is 2.38 bits per heavy atom. The fraction of sp³-hybridized carbons (Fsp3) is 0.348. The highest BCUT2D eigenvalue weighted by molar-refractivity contribution is 8.93. The number of thiazole rings is 1. The van der Waals surface area contributed by atoms with Crippen molar-refractivity contribution in [3.8, 4) is 11.3 Å². The number of aryl methyl sites for hydroxylation is 1. The molecule has 0 unspecified atom stereocenters. The van der Waals surface area contributed by atoms with Gasteiger partial charge in [-0.2, -0.15) is 4.31 Å². The third kappa shape index (κ3) is 5.72. The van der Waals surface area contributed by atoms with E-state index in [4.69, 9.17) is 16.6 Å². The minimum atomic E-state index is -3.67. The standard InChI is InChI=1S/C23H28ClN3O2S2.BrH/c1-5-13-27(14-6-2)31(28,29)22-15-18(11-12-19(22)24)21-16-30-23(26(21)4)25-20-10-8-7-9-17(20)3;/h7-12,15-16H,5-6,13-14H2,1-4H3;1H/b25-23+;. The molecule has 1 aromatic heterocycles. The van der Waals surface area contributed by atoms with Crippen molar-refractivity contribution in [2.24, 2.45) is 12.0 Å². The van der Waals surface area contributed by atoms with Crippen molar-refractivity contribution in [3.05, 3.63) is 63.2 Å². The number of benzene rings is 2. The average Bonchev–Trinajstić information content (AvgIpc) is 3.10. The van der Waals surface area contributed by atoms with E-state index in [2.05, 4.69) is 0 Å². The van der Waals surface area contributed by atoms with Gasteiger partial charge in [-0.15, -0.1) is 28.3 Å². The lowest BCUT2D eigenvalue weighted by molar-refractivity contribution is 0.410. The van der Waals surface area contributed by atoms with E-state index in [0.717, 1.165) is 40.2 Å². The first-order chi connectivity index (χ1) is 14.8. The van der Waals surface area contributed by atoms with E-state index in [1.807, 2.05) is 68.1 Å². The molecule has 0 bridgehead atoms. The van der Waals surface area contributed by atoms with Crippen LogP contribution in [0.1, 0.15) is 32.3 Å². The maximum atomic E-state index is 13.3. The van der Waals surface area contributed by atoms with Gasteiger partial charge in [-0.25, -0.2) is 13.4 Å². The van der Waals surface area contributed by atoms with Crippen LogP contribution >= 0.6 is 39.9 Å². The van der Waals surface area contributed by atoms with Crippen molar-refractivity contribution in [1.29, 1.82) is 0 Å². The molecule has 0 aliphatic heterocycles. The number of rotatable bonds is 8. The van der Waals surface area contributed by atoms with E-state index in [9.17, 15) is 8.42 Å². The van der Waals surface area contributed by atoms with Crippen molar-refractivity contribution in [2.75, 3.05) is 13.1 Å². The van der Waals surface area contributed by atoms with E-state index in [1.54, 1.807) is 12.1 Å². The summed E-state index contributed by atoms with van der Waals surface area (Å²) in [6, 6.07) is 13.2. The lowest BCUT2D eigenvalue weighted by Crippen LogP contribution is -2.32. The van der Waals surface area contributed by atoms with Crippen LogP contribution in [0.3, 0.4) is 0 Å². The first-order valence-corrected chi connectivity index (χ1v) is 13.0. The summed E-state index contributed by atoms with van der Waals surface area (Å²) in [4.78, 5) is 5.77. The molecule has 32 heavy (non-hydrogen) atoms. The highest BCUT2D eigenvalue weighted by atomic mass is 79.9. The van der Waals surface area contributed by atoms with E-state index in [0.29, 0.717) is 13.1 Å². The fourth-order valence-corrected chi connectivity index (χ4v) is 6.42. The van der Waals surface area contributed by atoms with E-state index in [-0.39, 0.29) is 26.9 Å². The third-order valence-electron chi connectivity index (χ3n) is 5.05. The molecular weight excluding hydrogens is 530 g/mol. The summed E-state index contributed by atoms with van der Waals surface area (Å²) in [5.41, 5.74) is 3.70. The Hall–Kier alpha value is -1.45. The molecule has 0 spiro atoms. The van der Waals surface area contributed by atoms with Crippen molar-refractivity contribution < 1.29 is 8.42 Å². The van der Waals surface area contributed by atoms with Gasteiger partial charge in [0, 0.05) is 31.1 Å². The van der Waals surface area contributed by atoms with Gasteiger partial charge in [-0.3, -0.25) is 0 Å². The number of hydrogen-bond acceptors (Lipinski definition) is 4. The quantitative estimate of drug-likeness (QED) is 0.324. The molecule has 9 heteroatoms. The zero-order valence-corrected chi connectivity index (χ0v) is 22.8. The average molecular weight is 559 g/mol. The largest absolute Gasteiger partial charge is 0.320 e. The third-order valence-corrected chi connectivity index (χ3v) is 8.34. The summed E-state index contributed by atoms with van der Waals surface area (Å²) >= 11 is 7.87. The lowest BCUT2D eigenvalue weighted by atomic mass is 10.2. The molecule has 0 fully saturated rings. The van der Waals surface area contributed by atoms with Crippen LogP contribution in [0.25, 0.3) is 11.3 Å².